The second kappa shape index (κ2) is 8.70. The molecule has 2 amide bonds. The third-order valence-electron chi connectivity index (χ3n) is 2.05. The number of unbranched alkanes of at least 4 members (excludes halogenated alkanes) is 1. The molecule has 0 aromatic rings. The van der Waals surface area contributed by atoms with Gasteiger partial charge in [0.25, 0.3) is 0 Å². The molecule has 0 aliphatic carbocycles. The number of carbonyl (C=O) groups is 3. The molecule has 0 saturated carbocycles. The Morgan fingerprint density at radius 3 is 2.62 bits per heavy atom. The van der Waals surface area contributed by atoms with Crippen molar-refractivity contribution < 1.29 is 19.5 Å². The number of carboxylic acid groups (broad SMARTS) is 1. The van der Waals surface area contributed by atoms with E-state index in [9.17, 15) is 14.4 Å². The quantitative estimate of drug-likeness (QED) is 0.380. The zero-order valence-electron chi connectivity index (χ0n) is 9.36. The van der Waals surface area contributed by atoms with Crippen LogP contribution in [0.1, 0.15) is 32.6 Å². The van der Waals surface area contributed by atoms with Gasteiger partial charge in [0.05, 0.1) is 0 Å². The minimum atomic E-state index is -1.09. The summed E-state index contributed by atoms with van der Waals surface area (Å²) < 4.78 is 0. The SMILES string of the molecule is CCCCC(=O)NC(CCNC=O)C(=O)O. The molecule has 0 spiro atoms. The van der Waals surface area contributed by atoms with Crippen molar-refractivity contribution in [2.75, 3.05) is 6.54 Å². The first-order valence-corrected chi connectivity index (χ1v) is 5.31. The van der Waals surface area contributed by atoms with Crippen LogP contribution in [-0.4, -0.2) is 36.0 Å². The molecule has 0 bridgehead atoms. The van der Waals surface area contributed by atoms with Crippen LogP contribution in [0.15, 0.2) is 0 Å². The maximum absolute atomic E-state index is 11.3. The van der Waals surface area contributed by atoms with Gasteiger partial charge in [-0.1, -0.05) is 13.3 Å². The lowest BCUT2D eigenvalue weighted by molar-refractivity contribution is -0.142. The number of rotatable bonds is 9. The van der Waals surface area contributed by atoms with Crippen molar-refractivity contribution in [3.63, 3.8) is 0 Å². The summed E-state index contributed by atoms with van der Waals surface area (Å²) in [4.78, 5) is 32.0. The minimum Gasteiger partial charge on any atom is -0.480 e. The number of carbonyl (C=O) groups excluding carboxylic acids is 2. The molecule has 0 saturated heterocycles. The normalized spacial score (nSPS) is 11.6. The van der Waals surface area contributed by atoms with Crippen molar-refractivity contribution in [2.45, 2.75) is 38.6 Å². The van der Waals surface area contributed by atoms with Gasteiger partial charge in [-0.2, -0.15) is 0 Å². The van der Waals surface area contributed by atoms with Gasteiger partial charge in [-0.05, 0) is 12.8 Å². The first kappa shape index (κ1) is 14.4. The molecule has 0 fully saturated rings. The topological polar surface area (TPSA) is 95.5 Å². The van der Waals surface area contributed by atoms with Gasteiger partial charge in [0, 0.05) is 13.0 Å². The average molecular weight is 230 g/mol. The molecule has 0 rings (SSSR count). The van der Waals surface area contributed by atoms with Crippen molar-refractivity contribution in [2.24, 2.45) is 0 Å². The van der Waals surface area contributed by atoms with Crippen LogP contribution in [0.4, 0.5) is 0 Å². The molecule has 0 aliphatic heterocycles. The summed E-state index contributed by atoms with van der Waals surface area (Å²) in [5.74, 6) is -1.35. The molecule has 1 atom stereocenters. The molecule has 92 valence electrons. The third kappa shape index (κ3) is 6.80. The summed E-state index contributed by atoms with van der Waals surface area (Å²) in [7, 11) is 0. The zero-order valence-corrected chi connectivity index (χ0v) is 9.36. The van der Waals surface area contributed by atoms with Crippen LogP contribution in [0.5, 0.6) is 0 Å². The van der Waals surface area contributed by atoms with Crippen molar-refractivity contribution in [3.05, 3.63) is 0 Å². The van der Waals surface area contributed by atoms with E-state index in [1.165, 1.54) is 0 Å². The molecule has 6 nitrogen and oxygen atoms in total. The van der Waals surface area contributed by atoms with Gasteiger partial charge in [0.15, 0.2) is 0 Å². The highest BCUT2D eigenvalue weighted by Crippen LogP contribution is 1.97. The number of aliphatic carboxylic acids is 1. The summed E-state index contributed by atoms with van der Waals surface area (Å²) in [6.07, 6.45) is 2.65. The van der Waals surface area contributed by atoms with Crippen LogP contribution in [0.2, 0.25) is 0 Å². The van der Waals surface area contributed by atoms with Crippen LogP contribution < -0.4 is 10.6 Å². The Kier molecular flexibility index (Phi) is 7.83. The molecule has 1 unspecified atom stereocenters. The summed E-state index contributed by atoms with van der Waals surface area (Å²) in [6.45, 7) is 2.19. The van der Waals surface area contributed by atoms with E-state index in [2.05, 4.69) is 10.6 Å². The summed E-state index contributed by atoms with van der Waals surface area (Å²) in [6, 6.07) is -0.934. The van der Waals surface area contributed by atoms with Gasteiger partial charge < -0.3 is 15.7 Å². The lowest BCUT2D eigenvalue weighted by Crippen LogP contribution is -2.42. The fourth-order valence-corrected chi connectivity index (χ4v) is 1.15. The molecule has 0 aromatic heterocycles. The highest BCUT2D eigenvalue weighted by Gasteiger charge is 2.18. The standard InChI is InChI=1S/C10H18N2O4/c1-2-3-4-9(14)12-8(10(15)16)5-6-11-7-13/h7-8H,2-6H2,1H3,(H,11,13)(H,12,14)(H,15,16). The van der Waals surface area contributed by atoms with Crippen LogP contribution in [0, 0.1) is 0 Å². The maximum atomic E-state index is 11.3. The molecule has 0 radical (unpaired) electrons. The van der Waals surface area contributed by atoms with E-state index in [0.29, 0.717) is 12.8 Å². The van der Waals surface area contributed by atoms with Crippen LogP contribution in [0.25, 0.3) is 0 Å². The van der Waals surface area contributed by atoms with E-state index in [1.54, 1.807) is 0 Å². The number of nitrogens with one attached hydrogen (secondary N) is 2. The lowest BCUT2D eigenvalue weighted by Gasteiger charge is -2.13. The number of amides is 2. The predicted octanol–water partition coefficient (Wildman–Crippen LogP) is -0.118. The van der Waals surface area contributed by atoms with Gasteiger partial charge >= 0.3 is 5.97 Å². The fourth-order valence-electron chi connectivity index (χ4n) is 1.15. The summed E-state index contributed by atoms with van der Waals surface area (Å²) in [5, 5.41) is 13.6. The molecular formula is C10H18N2O4. The highest BCUT2D eigenvalue weighted by molar-refractivity contribution is 5.83. The van der Waals surface area contributed by atoms with E-state index in [-0.39, 0.29) is 18.9 Å². The molecular weight excluding hydrogens is 212 g/mol. The molecule has 0 heterocycles. The van der Waals surface area contributed by atoms with Gasteiger partial charge in [-0.25, -0.2) is 4.79 Å². The largest absolute Gasteiger partial charge is 0.480 e. The Bertz CT molecular complexity index is 243. The molecule has 16 heavy (non-hydrogen) atoms. The Morgan fingerprint density at radius 1 is 1.44 bits per heavy atom. The van der Waals surface area contributed by atoms with Crippen LogP contribution in [-0.2, 0) is 14.4 Å². The summed E-state index contributed by atoms with van der Waals surface area (Å²) in [5.41, 5.74) is 0. The van der Waals surface area contributed by atoms with E-state index >= 15 is 0 Å². The molecule has 0 aromatic carbocycles. The van der Waals surface area contributed by atoms with Crippen LogP contribution >= 0.6 is 0 Å². The molecule has 0 aliphatic rings. The molecule has 6 heteroatoms. The van der Waals surface area contributed by atoms with Crippen molar-refractivity contribution in [1.29, 1.82) is 0 Å². The monoisotopic (exact) mass is 230 g/mol. The molecule has 3 N–H and O–H groups in total. The van der Waals surface area contributed by atoms with Crippen molar-refractivity contribution in [1.82, 2.24) is 10.6 Å². The van der Waals surface area contributed by atoms with E-state index in [1.807, 2.05) is 6.92 Å². The van der Waals surface area contributed by atoms with Crippen LogP contribution in [0.3, 0.4) is 0 Å². The fraction of sp³-hybridized carbons (Fsp3) is 0.700. The van der Waals surface area contributed by atoms with E-state index in [4.69, 9.17) is 5.11 Å². The van der Waals surface area contributed by atoms with Gasteiger partial charge in [-0.3, -0.25) is 9.59 Å². The Hall–Kier alpha value is -1.59. The summed E-state index contributed by atoms with van der Waals surface area (Å²) >= 11 is 0. The van der Waals surface area contributed by atoms with Gasteiger partial charge in [-0.15, -0.1) is 0 Å². The minimum absolute atomic E-state index is 0.186. The second-order valence-corrected chi connectivity index (χ2v) is 3.42. The zero-order chi connectivity index (χ0) is 12.4. The second-order valence-electron chi connectivity index (χ2n) is 3.42. The Morgan fingerprint density at radius 2 is 2.12 bits per heavy atom. The van der Waals surface area contributed by atoms with Gasteiger partial charge in [0.2, 0.25) is 12.3 Å². The van der Waals surface area contributed by atoms with Crippen molar-refractivity contribution >= 4 is 18.3 Å². The highest BCUT2D eigenvalue weighted by atomic mass is 16.4. The Labute approximate surface area is 94.4 Å². The number of hydrogen-bond donors (Lipinski definition) is 3. The smallest absolute Gasteiger partial charge is 0.326 e. The predicted molar refractivity (Wildman–Crippen MR) is 57.8 cm³/mol. The number of carboxylic acids is 1. The maximum Gasteiger partial charge on any atom is 0.326 e. The number of hydrogen-bond acceptors (Lipinski definition) is 3. The van der Waals surface area contributed by atoms with E-state index < -0.39 is 12.0 Å². The van der Waals surface area contributed by atoms with Gasteiger partial charge in [0.1, 0.15) is 6.04 Å². The first-order chi connectivity index (χ1) is 7.61. The first-order valence-electron chi connectivity index (χ1n) is 5.31. The van der Waals surface area contributed by atoms with E-state index in [0.717, 1.165) is 12.8 Å². The Balaban J connectivity index is 3.96. The third-order valence-corrected chi connectivity index (χ3v) is 2.05. The lowest BCUT2D eigenvalue weighted by atomic mass is 10.2. The van der Waals surface area contributed by atoms with Crippen molar-refractivity contribution in [3.8, 4) is 0 Å². The average Bonchev–Trinajstić information content (AvgIpc) is 2.25.